The first-order chi connectivity index (χ1) is 9.67. The molecule has 0 aliphatic rings. The molecule has 0 unspecified atom stereocenters. The van der Waals surface area contributed by atoms with Gasteiger partial charge in [-0.15, -0.1) is 6.58 Å². The third kappa shape index (κ3) is 5.87. The van der Waals surface area contributed by atoms with Crippen LogP contribution >= 0.6 is 0 Å². The summed E-state index contributed by atoms with van der Waals surface area (Å²) in [6.45, 7) is 5.39. The molecule has 0 bridgehead atoms. The Morgan fingerprint density at radius 2 is 2.30 bits per heavy atom. The van der Waals surface area contributed by atoms with Gasteiger partial charge in [-0.05, 0) is 37.0 Å². The molecule has 0 radical (unpaired) electrons. The molecular formula is C16H24FN3. The number of aliphatic imine (C=N–C) groups is 1. The van der Waals surface area contributed by atoms with Crippen molar-refractivity contribution in [2.24, 2.45) is 4.99 Å². The van der Waals surface area contributed by atoms with Crippen molar-refractivity contribution < 1.29 is 4.39 Å². The van der Waals surface area contributed by atoms with Crippen molar-refractivity contribution in [1.82, 2.24) is 10.2 Å². The van der Waals surface area contributed by atoms with Crippen molar-refractivity contribution >= 4 is 5.96 Å². The molecule has 0 fully saturated rings. The van der Waals surface area contributed by atoms with E-state index in [1.54, 1.807) is 19.2 Å². The van der Waals surface area contributed by atoms with Crippen molar-refractivity contribution in [2.75, 3.05) is 27.2 Å². The molecule has 0 spiro atoms. The van der Waals surface area contributed by atoms with E-state index in [9.17, 15) is 4.39 Å². The average molecular weight is 277 g/mol. The Hall–Kier alpha value is -1.84. The zero-order valence-corrected chi connectivity index (χ0v) is 12.4. The molecule has 1 N–H and O–H groups in total. The fraction of sp³-hybridized carbons (Fsp3) is 0.438. The summed E-state index contributed by atoms with van der Waals surface area (Å²) in [7, 11) is 3.79. The van der Waals surface area contributed by atoms with Crippen molar-refractivity contribution in [3.63, 3.8) is 0 Å². The molecule has 0 aliphatic carbocycles. The quantitative estimate of drug-likeness (QED) is 0.359. The zero-order valence-electron chi connectivity index (χ0n) is 12.4. The van der Waals surface area contributed by atoms with E-state index in [0.29, 0.717) is 0 Å². The smallest absolute Gasteiger partial charge is 0.193 e. The fourth-order valence-corrected chi connectivity index (χ4v) is 1.97. The maximum Gasteiger partial charge on any atom is 0.193 e. The second kappa shape index (κ2) is 9.13. The summed E-state index contributed by atoms with van der Waals surface area (Å²) in [6, 6.07) is 6.70. The van der Waals surface area contributed by atoms with Crippen molar-refractivity contribution in [3.05, 3.63) is 48.3 Å². The Kier molecular flexibility index (Phi) is 7.40. The van der Waals surface area contributed by atoms with Crippen molar-refractivity contribution in [3.8, 4) is 0 Å². The lowest BCUT2D eigenvalue weighted by atomic mass is 10.1. The van der Waals surface area contributed by atoms with Gasteiger partial charge in [-0.1, -0.05) is 18.2 Å². The minimum absolute atomic E-state index is 0.187. The molecule has 3 nitrogen and oxygen atoms in total. The molecule has 1 aromatic carbocycles. The highest BCUT2D eigenvalue weighted by atomic mass is 19.1. The second-order valence-electron chi connectivity index (χ2n) is 4.71. The van der Waals surface area contributed by atoms with E-state index in [1.165, 1.54) is 6.07 Å². The highest BCUT2D eigenvalue weighted by molar-refractivity contribution is 5.79. The molecule has 0 aromatic heterocycles. The number of benzene rings is 1. The minimum Gasteiger partial charge on any atom is -0.356 e. The summed E-state index contributed by atoms with van der Waals surface area (Å²) in [5.41, 5.74) is 0.988. The summed E-state index contributed by atoms with van der Waals surface area (Å²) >= 11 is 0. The van der Waals surface area contributed by atoms with E-state index in [0.717, 1.165) is 43.9 Å². The third-order valence-corrected chi connectivity index (χ3v) is 3.06. The van der Waals surface area contributed by atoms with E-state index in [-0.39, 0.29) is 5.82 Å². The van der Waals surface area contributed by atoms with Gasteiger partial charge < -0.3 is 10.2 Å². The van der Waals surface area contributed by atoms with Crippen LogP contribution in [0.25, 0.3) is 0 Å². The standard InChI is InChI=1S/C16H24FN3/c1-4-5-6-12-20(3)16(18-2)19-11-10-14-8-7-9-15(17)13-14/h4,7-9,13H,1,5-6,10-12H2,2-3H3,(H,18,19). The summed E-state index contributed by atoms with van der Waals surface area (Å²) in [6.07, 6.45) is 4.76. The molecule has 20 heavy (non-hydrogen) atoms. The third-order valence-electron chi connectivity index (χ3n) is 3.06. The number of nitrogens with zero attached hydrogens (tertiary/aromatic N) is 2. The molecule has 0 saturated heterocycles. The highest BCUT2D eigenvalue weighted by Gasteiger charge is 2.04. The molecule has 0 amide bonds. The largest absolute Gasteiger partial charge is 0.356 e. The van der Waals surface area contributed by atoms with Gasteiger partial charge in [-0.2, -0.15) is 0 Å². The first-order valence-corrected chi connectivity index (χ1v) is 6.94. The van der Waals surface area contributed by atoms with E-state index >= 15 is 0 Å². The molecule has 4 heteroatoms. The highest BCUT2D eigenvalue weighted by Crippen LogP contribution is 2.03. The summed E-state index contributed by atoms with van der Waals surface area (Å²) in [4.78, 5) is 6.34. The van der Waals surface area contributed by atoms with Crippen LogP contribution in [0, 0.1) is 5.82 Å². The number of rotatable bonds is 7. The molecular weight excluding hydrogens is 253 g/mol. The fourth-order valence-electron chi connectivity index (χ4n) is 1.97. The number of allylic oxidation sites excluding steroid dienone is 1. The van der Waals surface area contributed by atoms with Crippen molar-refractivity contribution in [1.29, 1.82) is 0 Å². The van der Waals surface area contributed by atoms with Crippen LogP contribution in [0.3, 0.4) is 0 Å². The van der Waals surface area contributed by atoms with Crippen LogP contribution in [0.5, 0.6) is 0 Å². The number of guanidine groups is 1. The van der Waals surface area contributed by atoms with Crippen LogP contribution in [0.1, 0.15) is 18.4 Å². The Balaban J connectivity index is 2.36. The van der Waals surface area contributed by atoms with Crippen LogP contribution in [-0.2, 0) is 6.42 Å². The second-order valence-corrected chi connectivity index (χ2v) is 4.71. The van der Waals surface area contributed by atoms with E-state index in [4.69, 9.17) is 0 Å². The van der Waals surface area contributed by atoms with Gasteiger partial charge in [0, 0.05) is 27.2 Å². The van der Waals surface area contributed by atoms with Gasteiger partial charge in [0.2, 0.25) is 0 Å². The van der Waals surface area contributed by atoms with Gasteiger partial charge in [0.05, 0.1) is 0 Å². The molecule has 0 atom stereocenters. The monoisotopic (exact) mass is 277 g/mol. The van der Waals surface area contributed by atoms with Gasteiger partial charge in [0.15, 0.2) is 5.96 Å². The van der Waals surface area contributed by atoms with E-state index in [2.05, 4.69) is 21.8 Å². The van der Waals surface area contributed by atoms with Crippen LogP contribution in [-0.4, -0.2) is 38.0 Å². The van der Waals surface area contributed by atoms with Gasteiger partial charge in [0.25, 0.3) is 0 Å². The molecule has 0 aliphatic heterocycles. The van der Waals surface area contributed by atoms with Crippen LogP contribution in [0.2, 0.25) is 0 Å². The summed E-state index contributed by atoms with van der Waals surface area (Å²) < 4.78 is 13.1. The number of nitrogens with one attached hydrogen (secondary N) is 1. The number of hydrogen-bond acceptors (Lipinski definition) is 1. The lowest BCUT2D eigenvalue weighted by Crippen LogP contribution is -2.40. The number of unbranched alkanes of at least 4 members (excludes halogenated alkanes) is 1. The Morgan fingerprint density at radius 1 is 1.50 bits per heavy atom. The van der Waals surface area contributed by atoms with E-state index in [1.807, 2.05) is 19.2 Å². The maximum absolute atomic E-state index is 13.1. The summed E-state index contributed by atoms with van der Waals surface area (Å²) in [5, 5.41) is 3.29. The Bertz CT molecular complexity index is 443. The Morgan fingerprint density at radius 3 is 2.95 bits per heavy atom. The van der Waals surface area contributed by atoms with Crippen molar-refractivity contribution in [2.45, 2.75) is 19.3 Å². The van der Waals surface area contributed by atoms with Crippen LogP contribution < -0.4 is 5.32 Å². The Labute approximate surface area is 121 Å². The maximum atomic E-state index is 13.1. The number of hydrogen-bond donors (Lipinski definition) is 1. The van der Waals surface area contributed by atoms with Gasteiger partial charge in [-0.25, -0.2) is 4.39 Å². The normalized spacial score (nSPS) is 11.2. The predicted molar refractivity (Wildman–Crippen MR) is 83.5 cm³/mol. The molecule has 1 aromatic rings. The van der Waals surface area contributed by atoms with E-state index < -0.39 is 0 Å². The predicted octanol–water partition coefficient (Wildman–Crippen LogP) is 2.84. The van der Waals surface area contributed by atoms with Crippen LogP contribution in [0.4, 0.5) is 4.39 Å². The average Bonchev–Trinajstić information content (AvgIpc) is 2.44. The topological polar surface area (TPSA) is 27.6 Å². The van der Waals surface area contributed by atoms with Gasteiger partial charge >= 0.3 is 0 Å². The summed E-state index contributed by atoms with van der Waals surface area (Å²) in [5.74, 6) is 0.680. The lowest BCUT2D eigenvalue weighted by Gasteiger charge is -2.21. The molecule has 0 saturated carbocycles. The zero-order chi connectivity index (χ0) is 14.8. The minimum atomic E-state index is -0.187. The molecule has 0 heterocycles. The SMILES string of the molecule is C=CCCCN(C)C(=NC)NCCc1cccc(F)c1. The van der Waals surface area contributed by atoms with Gasteiger partial charge in [0.1, 0.15) is 5.82 Å². The first kappa shape index (κ1) is 16.2. The lowest BCUT2D eigenvalue weighted by molar-refractivity contribution is 0.470. The van der Waals surface area contributed by atoms with Gasteiger partial charge in [-0.3, -0.25) is 4.99 Å². The molecule has 110 valence electrons. The number of halogens is 1. The molecule has 1 rings (SSSR count). The first-order valence-electron chi connectivity index (χ1n) is 6.94. The van der Waals surface area contributed by atoms with Crippen LogP contribution in [0.15, 0.2) is 41.9 Å².